The summed E-state index contributed by atoms with van der Waals surface area (Å²) in [6.07, 6.45) is -4.05. The van der Waals surface area contributed by atoms with Gasteiger partial charge in [0.25, 0.3) is 5.95 Å². The first-order chi connectivity index (χ1) is 15.8. The molecule has 168 valence electrons. The van der Waals surface area contributed by atoms with Gasteiger partial charge in [0.05, 0.1) is 16.8 Å². The minimum absolute atomic E-state index is 0.326. The highest BCUT2D eigenvalue weighted by Crippen LogP contribution is 2.31. The number of para-hydroxylation sites is 1. The van der Waals surface area contributed by atoms with Crippen molar-refractivity contribution in [2.24, 2.45) is 0 Å². The number of halogens is 3. The van der Waals surface area contributed by atoms with Crippen LogP contribution >= 0.6 is 0 Å². The van der Waals surface area contributed by atoms with Gasteiger partial charge in [0.15, 0.2) is 5.65 Å². The number of aryl methyl sites for hydroxylation is 2. The highest BCUT2D eigenvalue weighted by atomic mass is 19.4. The summed E-state index contributed by atoms with van der Waals surface area (Å²) < 4.78 is 43.0. The van der Waals surface area contributed by atoms with Crippen LogP contribution < -0.4 is 0 Å². The minimum atomic E-state index is -4.38. The van der Waals surface area contributed by atoms with E-state index in [1.54, 1.807) is 10.7 Å². The molecule has 0 aliphatic heterocycles. The topological polar surface area (TPSA) is 61.4 Å². The van der Waals surface area contributed by atoms with Gasteiger partial charge in [-0.15, -0.1) is 10.2 Å². The molecule has 3 heterocycles. The fourth-order valence-corrected chi connectivity index (χ4v) is 4.29. The van der Waals surface area contributed by atoms with Crippen molar-refractivity contribution in [1.29, 1.82) is 0 Å². The third kappa shape index (κ3) is 3.53. The van der Waals surface area contributed by atoms with Gasteiger partial charge in [0, 0.05) is 29.6 Å². The van der Waals surface area contributed by atoms with Crippen molar-refractivity contribution in [2.75, 3.05) is 0 Å². The van der Waals surface area contributed by atoms with Gasteiger partial charge >= 0.3 is 6.18 Å². The first kappa shape index (κ1) is 21.1. The summed E-state index contributed by atoms with van der Waals surface area (Å²) >= 11 is 0. The zero-order valence-electron chi connectivity index (χ0n) is 18.4. The molecule has 3 aromatic heterocycles. The van der Waals surface area contributed by atoms with Crippen LogP contribution in [-0.2, 0) is 19.1 Å². The van der Waals surface area contributed by atoms with E-state index in [4.69, 9.17) is 4.98 Å². The first-order valence-corrected chi connectivity index (χ1v) is 10.6. The highest BCUT2D eigenvalue weighted by molar-refractivity contribution is 6.04. The van der Waals surface area contributed by atoms with Gasteiger partial charge in [-0.3, -0.25) is 0 Å². The number of benzene rings is 2. The van der Waals surface area contributed by atoms with Crippen molar-refractivity contribution in [2.45, 2.75) is 39.9 Å². The third-order valence-electron chi connectivity index (χ3n) is 5.94. The third-order valence-corrected chi connectivity index (χ3v) is 5.94. The maximum absolute atomic E-state index is 13.1. The molecule has 5 aromatic rings. The van der Waals surface area contributed by atoms with E-state index in [0.29, 0.717) is 23.6 Å². The standard InChI is InChI=1S/C24H21F3N6/c1-4-32-20-11-6-5-10-18(20)21-22(32)28-23(30-29-21)33-15(3)19(14(2)31-33)13-16-8-7-9-17(12-16)24(25,26)27/h5-12H,4,13H2,1-3H3. The lowest BCUT2D eigenvalue weighted by Gasteiger charge is -2.09. The summed E-state index contributed by atoms with van der Waals surface area (Å²) in [5, 5.41) is 14.3. The maximum Gasteiger partial charge on any atom is 0.416 e. The fourth-order valence-electron chi connectivity index (χ4n) is 4.29. The highest BCUT2D eigenvalue weighted by Gasteiger charge is 2.30. The van der Waals surface area contributed by atoms with Crippen molar-refractivity contribution in [3.63, 3.8) is 0 Å². The molecule has 6 nitrogen and oxygen atoms in total. The van der Waals surface area contributed by atoms with Crippen LogP contribution in [0.25, 0.3) is 28.0 Å². The van der Waals surface area contributed by atoms with Gasteiger partial charge in [-0.1, -0.05) is 36.4 Å². The van der Waals surface area contributed by atoms with Crippen LogP contribution in [0.5, 0.6) is 0 Å². The molecule has 2 aromatic carbocycles. The van der Waals surface area contributed by atoms with Crippen LogP contribution in [0.15, 0.2) is 48.5 Å². The number of hydrogen-bond acceptors (Lipinski definition) is 4. The Labute approximate surface area is 187 Å². The number of nitrogens with zero attached hydrogens (tertiary/aromatic N) is 6. The SMILES string of the molecule is CCn1c2ccccc2c2nnc(-n3nc(C)c(Cc4cccc(C(F)(F)F)c4)c3C)nc21. The molecule has 0 N–H and O–H groups in total. The van der Waals surface area contributed by atoms with Crippen molar-refractivity contribution in [3.8, 4) is 5.95 Å². The summed E-state index contributed by atoms with van der Waals surface area (Å²) in [6, 6.07) is 13.3. The zero-order chi connectivity index (χ0) is 23.3. The van der Waals surface area contributed by atoms with E-state index >= 15 is 0 Å². The van der Waals surface area contributed by atoms with E-state index in [9.17, 15) is 13.2 Å². The molecule has 0 spiro atoms. The maximum atomic E-state index is 13.1. The van der Waals surface area contributed by atoms with Crippen molar-refractivity contribution >= 4 is 22.1 Å². The van der Waals surface area contributed by atoms with Crippen molar-refractivity contribution in [3.05, 3.63) is 76.6 Å². The molecular formula is C24H21F3N6. The van der Waals surface area contributed by atoms with Gasteiger partial charge in [-0.05, 0) is 38.5 Å². The largest absolute Gasteiger partial charge is 0.416 e. The molecule has 9 heteroatoms. The Kier molecular flexibility index (Phi) is 4.92. The average molecular weight is 450 g/mol. The summed E-state index contributed by atoms with van der Waals surface area (Å²) in [5.41, 5.74) is 4.71. The lowest BCUT2D eigenvalue weighted by atomic mass is 10.0. The van der Waals surface area contributed by atoms with Gasteiger partial charge in [-0.2, -0.15) is 23.3 Å². The van der Waals surface area contributed by atoms with E-state index in [2.05, 4.69) is 19.9 Å². The molecule has 33 heavy (non-hydrogen) atoms. The second kappa shape index (κ2) is 7.68. The number of aromatic nitrogens is 6. The smallest absolute Gasteiger partial charge is 0.324 e. The molecule has 0 unspecified atom stereocenters. The monoisotopic (exact) mass is 450 g/mol. The molecular weight excluding hydrogens is 429 g/mol. The molecule has 5 rings (SSSR count). The fraction of sp³-hybridized carbons (Fsp3) is 0.250. The Balaban J connectivity index is 1.58. The van der Waals surface area contributed by atoms with E-state index in [1.165, 1.54) is 12.1 Å². The molecule has 0 aliphatic carbocycles. The van der Waals surface area contributed by atoms with Gasteiger partial charge in [0.1, 0.15) is 5.52 Å². The molecule has 0 fully saturated rings. The zero-order valence-corrected chi connectivity index (χ0v) is 18.4. The Bertz CT molecular complexity index is 1500. The number of fused-ring (bicyclic) bond motifs is 3. The Hall–Kier alpha value is -3.75. The van der Waals surface area contributed by atoms with Crippen molar-refractivity contribution < 1.29 is 13.2 Å². The molecule has 0 aliphatic rings. The average Bonchev–Trinajstić information content (AvgIpc) is 3.27. The minimum Gasteiger partial charge on any atom is -0.324 e. The molecule has 0 radical (unpaired) electrons. The van der Waals surface area contributed by atoms with E-state index in [1.807, 2.05) is 45.0 Å². The van der Waals surface area contributed by atoms with E-state index < -0.39 is 11.7 Å². The van der Waals surface area contributed by atoms with Gasteiger partial charge in [-0.25, -0.2) is 4.68 Å². The second-order valence-corrected chi connectivity index (χ2v) is 7.98. The molecule has 0 saturated heterocycles. The Morgan fingerprint density at radius 1 is 0.970 bits per heavy atom. The lowest BCUT2D eigenvalue weighted by Crippen LogP contribution is -2.08. The van der Waals surface area contributed by atoms with Crippen LogP contribution in [0.4, 0.5) is 13.2 Å². The van der Waals surface area contributed by atoms with Crippen molar-refractivity contribution in [1.82, 2.24) is 29.5 Å². The van der Waals surface area contributed by atoms with Crippen LogP contribution in [0.1, 0.15) is 35.0 Å². The normalized spacial score (nSPS) is 12.2. The Morgan fingerprint density at radius 2 is 1.76 bits per heavy atom. The predicted octanol–water partition coefficient (Wildman–Crippen LogP) is 5.41. The number of hydrogen-bond donors (Lipinski definition) is 0. The quantitative estimate of drug-likeness (QED) is 0.367. The first-order valence-electron chi connectivity index (χ1n) is 10.6. The summed E-state index contributed by atoms with van der Waals surface area (Å²) in [4.78, 5) is 4.76. The molecule has 0 saturated carbocycles. The molecule has 0 bridgehead atoms. The molecule has 0 amide bonds. The van der Waals surface area contributed by atoms with Crippen LogP contribution in [0.3, 0.4) is 0 Å². The second-order valence-electron chi connectivity index (χ2n) is 7.98. The van der Waals surface area contributed by atoms with Crippen LogP contribution in [-0.4, -0.2) is 29.5 Å². The van der Waals surface area contributed by atoms with Gasteiger partial charge < -0.3 is 4.57 Å². The number of alkyl halides is 3. The summed E-state index contributed by atoms with van der Waals surface area (Å²) in [5.74, 6) is 0.330. The van der Waals surface area contributed by atoms with E-state index in [0.717, 1.165) is 45.9 Å². The Morgan fingerprint density at radius 3 is 2.52 bits per heavy atom. The van der Waals surface area contributed by atoms with Crippen LogP contribution in [0, 0.1) is 13.8 Å². The lowest BCUT2D eigenvalue weighted by molar-refractivity contribution is -0.137. The predicted molar refractivity (Wildman–Crippen MR) is 119 cm³/mol. The molecule has 0 atom stereocenters. The van der Waals surface area contributed by atoms with Gasteiger partial charge in [0.2, 0.25) is 0 Å². The summed E-state index contributed by atoms with van der Waals surface area (Å²) in [7, 11) is 0. The van der Waals surface area contributed by atoms with Crippen LogP contribution in [0.2, 0.25) is 0 Å². The summed E-state index contributed by atoms with van der Waals surface area (Å²) in [6.45, 7) is 6.47. The van der Waals surface area contributed by atoms with E-state index in [-0.39, 0.29) is 0 Å². The number of rotatable bonds is 4.